The topological polar surface area (TPSA) is 9.23 Å². The minimum absolute atomic E-state index is 0.276. The number of rotatable bonds is 6. The molecule has 20 heavy (non-hydrogen) atoms. The van der Waals surface area contributed by atoms with Gasteiger partial charge in [-0.2, -0.15) is 0 Å². The molecule has 2 rings (SSSR count). The predicted octanol–water partition coefficient (Wildman–Crippen LogP) is 5.34. The molecule has 0 saturated carbocycles. The summed E-state index contributed by atoms with van der Waals surface area (Å²) in [6, 6.07) is 18.8. The highest BCUT2D eigenvalue weighted by molar-refractivity contribution is 5.32. The molecule has 0 aliphatic rings. The van der Waals surface area contributed by atoms with E-state index in [-0.39, 0.29) is 5.41 Å². The molecule has 106 valence electrons. The van der Waals surface area contributed by atoms with E-state index >= 15 is 0 Å². The summed E-state index contributed by atoms with van der Waals surface area (Å²) in [6.07, 6.45) is 2.32. The lowest BCUT2D eigenvalue weighted by Crippen LogP contribution is -2.19. The van der Waals surface area contributed by atoms with Gasteiger partial charge < -0.3 is 4.74 Å². The Morgan fingerprint density at radius 1 is 0.850 bits per heavy atom. The van der Waals surface area contributed by atoms with Crippen molar-refractivity contribution < 1.29 is 4.74 Å². The van der Waals surface area contributed by atoms with Crippen LogP contribution in [-0.2, 0) is 12.0 Å². The van der Waals surface area contributed by atoms with Gasteiger partial charge in [-0.3, -0.25) is 0 Å². The average molecular weight is 268 g/mol. The fraction of sp³-hybridized carbons (Fsp3) is 0.368. The van der Waals surface area contributed by atoms with Crippen LogP contribution in [0.1, 0.15) is 44.7 Å². The van der Waals surface area contributed by atoms with Crippen molar-refractivity contribution in [3.8, 4) is 5.75 Å². The average Bonchev–Trinajstić information content (AvgIpc) is 2.53. The van der Waals surface area contributed by atoms with Crippen LogP contribution in [0.15, 0.2) is 54.6 Å². The van der Waals surface area contributed by atoms with Gasteiger partial charge in [-0.1, -0.05) is 63.2 Å². The maximum atomic E-state index is 5.83. The van der Waals surface area contributed by atoms with Gasteiger partial charge in [0, 0.05) is 0 Å². The zero-order valence-electron chi connectivity index (χ0n) is 12.7. The van der Waals surface area contributed by atoms with Crippen LogP contribution in [0, 0.1) is 0 Å². The van der Waals surface area contributed by atoms with Crippen molar-refractivity contribution in [2.45, 2.75) is 45.6 Å². The first-order valence-electron chi connectivity index (χ1n) is 7.45. The fourth-order valence-electron chi connectivity index (χ4n) is 2.35. The molecular weight excluding hydrogens is 244 g/mol. The monoisotopic (exact) mass is 268 g/mol. The second kappa shape index (κ2) is 6.60. The standard InChI is InChI=1S/C19H24O/c1-4-19(3,5-2)17-11-13-18(14-12-17)20-15-16-9-7-6-8-10-16/h6-14H,4-5,15H2,1-3H3. The highest BCUT2D eigenvalue weighted by Gasteiger charge is 2.21. The largest absolute Gasteiger partial charge is 0.489 e. The van der Waals surface area contributed by atoms with Gasteiger partial charge in [-0.15, -0.1) is 0 Å². The molecule has 1 nitrogen and oxygen atoms in total. The smallest absolute Gasteiger partial charge is 0.119 e. The summed E-state index contributed by atoms with van der Waals surface area (Å²) in [4.78, 5) is 0. The third-order valence-corrected chi connectivity index (χ3v) is 4.36. The van der Waals surface area contributed by atoms with Crippen LogP contribution in [0.2, 0.25) is 0 Å². The number of hydrogen-bond acceptors (Lipinski definition) is 1. The Morgan fingerprint density at radius 2 is 1.45 bits per heavy atom. The maximum absolute atomic E-state index is 5.83. The van der Waals surface area contributed by atoms with E-state index in [0.717, 1.165) is 18.6 Å². The zero-order valence-corrected chi connectivity index (χ0v) is 12.7. The second-order valence-electron chi connectivity index (χ2n) is 5.57. The van der Waals surface area contributed by atoms with Crippen molar-refractivity contribution in [1.29, 1.82) is 0 Å². The molecule has 0 bridgehead atoms. The fourth-order valence-corrected chi connectivity index (χ4v) is 2.35. The van der Waals surface area contributed by atoms with Crippen molar-refractivity contribution in [2.24, 2.45) is 0 Å². The summed E-state index contributed by atoms with van der Waals surface area (Å²) in [5.74, 6) is 0.937. The van der Waals surface area contributed by atoms with Crippen LogP contribution in [-0.4, -0.2) is 0 Å². The van der Waals surface area contributed by atoms with Gasteiger partial charge in [0.15, 0.2) is 0 Å². The minimum Gasteiger partial charge on any atom is -0.489 e. The second-order valence-corrected chi connectivity index (χ2v) is 5.57. The molecule has 1 heteroatoms. The quantitative estimate of drug-likeness (QED) is 0.686. The summed E-state index contributed by atoms with van der Waals surface area (Å²) >= 11 is 0. The normalized spacial score (nSPS) is 11.3. The van der Waals surface area contributed by atoms with Gasteiger partial charge in [0.25, 0.3) is 0 Å². The third-order valence-electron chi connectivity index (χ3n) is 4.36. The molecule has 0 N–H and O–H groups in total. The molecular formula is C19H24O. The molecule has 0 radical (unpaired) electrons. The Hall–Kier alpha value is -1.76. The molecule has 0 unspecified atom stereocenters. The zero-order chi connectivity index (χ0) is 14.4. The first-order valence-corrected chi connectivity index (χ1v) is 7.45. The van der Waals surface area contributed by atoms with Gasteiger partial charge >= 0.3 is 0 Å². The molecule has 2 aromatic rings. The van der Waals surface area contributed by atoms with E-state index in [0.29, 0.717) is 6.61 Å². The SMILES string of the molecule is CCC(C)(CC)c1ccc(OCc2ccccc2)cc1. The van der Waals surface area contributed by atoms with Crippen molar-refractivity contribution in [1.82, 2.24) is 0 Å². The lowest BCUT2D eigenvalue weighted by molar-refractivity contribution is 0.306. The molecule has 0 spiro atoms. The lowest BCUT2D eigenvalue weighted by atomic mass is 9.78. The Morgan fingerprint density at radius 3 is 2.00 bits per heavy atom. The molecule has 2 aromatic carbocycles. The third kappa shape index (κ3) is 3.41. The van der Waals surface area contributed by atoms with Crippen molar-refractivity contribution in [3.63, 3.8) is 0 Å². The van der Waals surface area contributed by atoms with E-state index in [1.165, 1.54) is 11.1 Å². The van der Waals surface area contributed by atoms with Crippen LogP contribution >= 0.6 is 0 Å². The number of hydrogen-bond donors (Lipinski definition) is 0. The maximum Gasteiger partial charge on any atom is 0.119 e. The molecule has 0 atom stereocenters. The van der Waals surface area contributed by atoms with Gasteiger partial charge in [-0.25, -0.2) is 0 Å². The summed E-state index contributed by atoms with van der Waals surface area (Å²) in [6.45, 7) is 7.46. The lowest BCUT2D eigenvalue weighted by Gasteiger charge is -2.27. The molecule has 0 aliphatic heterocycles. The summed E-state index contributed by atoms with van der Waals surface area (Å²) in [7, 11) is 0. The Kier molecular flexibility index (Phi) is 4.84. The van der Waals surface area contributed by atoms with Crippen molar-refractivity contribution in [2.75, 3.05) is 0 Å². The van der Waals surface area contributed by atoms with Crippen LogP contribution < -0.4 is 4.74 Å². The molecule has 0 aliphatic carbocycles. The Balaban J connectivity index is 2.02. The number of ether oxygens (including phenoxy) is 1. The van der Waals surface area contributed by atoms with Crippen molar-refractivity contribution in [3.05, 3.63) is 65.7 Å². The van der Waals surface area contributed by atoms with Crippen LogP contribution in [0.4, 0.5) is 0 Å². The van der Waals surface area contributed by atoms with E-state index in [1.807, 2.05) is 18.2 Å². The van der Waals surface area contributed by atoms with Gasteiger partial charge in [0.1, 0.15) is 12.4 Å². The van der Waals surface area contributed by atoms with E-state index in [2.05, 4.69) is 57.2 Å². The molecule has 0 amide bonds. The van der Waals surface area contributed by atoms with Crippen LogP contribution in [0.25, 0.3) is 0 Å². The minimum atomic E-state index is 0.276. The van der Waals surface area contributed by atoms with Gasteiger partial charge in [0.2, 0.25) is 0 Å². The van der Waals surface area contributed by atoms with Crippen LogP contribution in [0.3, 0.4) is 0 Å². The molecule has 0 aromatic heterocycles. The van der Waals surface area contributed by atoms with E-state index < -0.39 is 0 Å². The summed E-state index contributed by atoms with van der Waals surface area (Å²) in [5, 5.41) is 0. The number of benzene rings is 2. The highest BCUT2D eigenvalue weighted by Crippen LogP contribution is 2.31. The summed E-state index contributed by atoms with van der Waals surface area (Å²) in [5.41, 5.74) is 2.87. The van der Waals surface area contributed by atoms with Gasteiger partial charge in [0.05, 0.1) is 0 Å². The highest BCUT2D eigenvalue weighted by atomic mass is 16.5. The molecule has 0 fully saturated rings. The van der Waals surface area contributed by atoms with E-state index in [1.54, 1.807) is 0 Å². The molecule has 0 saturated heterocycles. The Bertz CT molecular complexity index is 509. The van der Waals surface area contributed by atoms with E-state index in [4.69, 9.17) is 4.74 Å². The van der Waals surface area contributed by atoms with Gasteiger partial charge in [-0.05, 0) is 41.5 Å². The first-order chi connectivity index (χ1) is 9.68. The van der Waals surface area contributed by atoms with Crippen LogP contribution in [0.5, 0.6) is 5.75 Å². The first kappa shape index (κ1) is 14.6. The predicted molar refractivity (Wildman–Crippen MR) is 85.2 cm³/mol. The van der Waals surface area contributed by atoms with E-state index in [9.17, 15) is 0 Å². The summed E-state index contributed by atoms with van der Waals surface area (Å²) < 4.78 is 5.83. The van der Waals surface area contributed by atoms with Crippen molar-refractivity contribution >= 4 is 0 Å². The molecule has 0 heterocycles. The Labute approximate surface area is 122 Å².